The number of benzene rings is 1. The van der Waals surface area contributed by atoms with E-state index in [2.05, 4.69) is 17.6 Å². The first-order valence-electron chi connectivity index (χ1n) is 6.76. The predicted octanol–water partition coefficient (Wildman–Crippen LogP) is 1.95. The lowest BCUT2D eigenvalue weighted by Crippen LogP contribution is -2.41. The molecule has 0 radical (unpaired) electrons. The second-order valence-corrected chi connectivity index (χ2v) is 4.55. The maximum atomic E-state index is 11.6. The van der Waals surface area contributed by atoms with Crippen LogP contribution in [-0.4, -0.2) is 18.4 Å². The van der Waals surface area contributed by atoms with E-state index in [9.17, 15) is 9.59 Å². The number of hydrogen-bond acceptors (Lipinski definition) is 2. The van der Waals surface area contributed by atoms with Crippen LogP contribution in [0.1, 0.15) is 44.4 Å². The number of amides is 2. The van der Waals surface area contributed by atoms with E-state index in [1.54, 1.807) is 0 Å². The molecule has 2 amide bonds. The first kappa shape index (κ1) is 15.2. The van der Waals surface area contributed by atoms with E-state index >= 15 is 0 Å². The number of rotatable bonds is 5. The molecule has 0 heterocycles. The Morgan fingerprint density at radius 3 is 2.26 bits per heavy atom. The van der Waals surface area contributed by atoms with Crippen molar-refractivity contribution in [2.75, 3.05) is 6.54 Å². The maximum absolute atomic E-state index is 11.6. The van der Waals surface area contributed by atoms with Gasteiger partial charge in [-0.1, -0.05) is 38.1 Å². The highest BCUT2D eigenvalue weighted by molar-refractivity contribution is 6.35. The highest BCUT2D eigenvalue weighted by atomic mass is 16.2. The Balaban J connectivity index is 2.55. The van der Waals surface area contributed by atoms with Crippen molar-refractivity contribution in [1.29, 1.82) is 0 Å². The molecule has 0 saturated heterocycles. The molecule has 0 saturated carbocycles. The van der Waals surface area contributed by atoms with Gasteiger partial charge in [0, 0.05) is 6.54 Å². The van der Waals surface area contributed by atoms with Gasteiger partial charge in [0.1, 0.15) is 0 Å². The maximum Gasteiger partial charge on any atom is 0.309 e. The molecule has 104 valence electrons. The van der Waals surface area contributed by atoms with E-state index in [4.69, 9.17) is 0 Å². The van der Waals surface area contributed by atoms with E-state index in [0.717, 1.165) is 18.4 Å². The molecule has 4 heteroatoms. The molecule has 1 aromatic rings. The van der Waals surface area contributed by atoms with Crippen LogP contribution in [0.5, 0.6) is 0 Å². The van der Waals surface area contributed by atoms with Gasteiger partial charge in [-0.15, -0.1) is 0 Å². The van der Waals surface area contributed by atoms with Gasteiger partial charge in [0.05, 0.1) is 6.04 Å². The summed E-state index contributed by atoms with van der Waals surface area (Å²) in [6, 6.07) is 7.86. The van der Waals surface area contributed by atoms with Gasteiger partial charge in [-0.2, -0.15) is 0 Å². The molecule has 0 aliphatic heterocycles. The zero-order valence-electron chi connectivity index (χ0n) is 11.8. The standard InChI is InChI=1S/C15H22N2O2/c1-4-10-16-14(18)15(19)17-11(3)13-8-6-12(5-2)7-9-13/h6-9,11H,4-5,10H2,1-3H3,(H,16,18)(H,17,19). The summed E-state index contributed by atoms with van der Waals surface area (Å²) in [5, 5.41) is 5.25. The Morgan fingerprint density at radius 2 is 1.74 bits per heavy atom. The lowest BCUT2D eigenvalue weighted by Gasteiger charge is -2.14. The van der Waals surface area contributed by atoms with Gasteiger partial charge in [0.15, 0.2) is 0 Å². The van der Waals surface area contributed by atoms with Gasteiger partial charge in [0.2, 0.25) is 0 Å². The molecule has 0 spiro atoms. The minimum atomic E-state index is -0.583. The van der Waals surface area contributed by atoms with Crippen LogP contribution in [0.15, 0.2) is 24.3 Å². The first-order valence-corrected chi connectivity index (χ1v) is 6.76. The Kier molecular flexibility index (Phi) is 6.06. The van der Waals surface area contributed by atoms with Crippen molar-refractivity contribution in [2.24, 2.45) is 0 Å². The summed E-state index contributed by atoms with van der Waals surface area (Å²) in [4.78, 5) is 23.1. The molecule has 4 nitrogen and oxygen atoms in total. The third-order valence-electron chi connectivity index (χ3n) is 2.98. The largest absolute Gasteiger partial charge is 0.348 e. The predicted molar refractivity (Wildman–Crippen MR) is 75.7 cm³/mol. The second kappa shape index (κ2) is 7.56. The molecule has 1 unspecified atom stereocenters. The van der Waals surface area contributed by atoms with Crippen LogP contribution in [0.4, 0.5) is 0 Å². The quantitative estimate of drug-likeness (QED) is 0.797. The number of carbonyl (C=O) groups excluding carboxylic acids is 2. The van der Waals surface area contributed by atoms with Gasteiger partial charge in [0.25, 0.3) is 0 Å². The summed E-state index contributed by atoms with van der Waals surface area (Å²) >= 11 is 0. The summed E-state index contributed by atoms with van der Waals surface area (Å²) < 4.78 is 0. The Bertz CT molecular complexity index is 426. The highest BCUT2D eigenvalue weighted by Crippen LogP contribution is 2.13. The molecule has 1 aromatic carbocycles. The fourth-order valence-corrected chi connectivity index (χ4v) is 1.71. The minimum absolute atomic E-state index is 0.175. The molecule has 19 heavy (non-hydrogen) atoms. The van der Waals surface area contributed by atoms with Crippen LogP contribution < -0.4 is 10.6 Å². The van der Waals surface area contributed by atoms with Crippen molar-refractivity contribution >= 4 is 11.8 Å². The van der Waals surface area contributed by atoms with E-state index < -0.39 is 11.8 Å². The molecule has 0 aliphatic rings. The van der Waals surface area contributed by atoms with E-state index in [1.165, 1.54) is 5.56 Å². The number of nitrogens with one attached hydrogen (secondary N) is 2. The van der Waals surface area contributed by atoms with Crippen molar-refractivity contribution in [3.05, 3.63) is 35.4 Å². The average molecular weight is 262 g/mol. The van der Waals surface area contributed by atoms with Crippen LogP contribution in [-0.2, 0) is 16.0 Å². The monoisotopic (exact) mass is 262 g/mol. The van der Waals surface area contributed by atoms with E-state index in [0.29, 0.717) is 6.54 Å². The zero-order chi connectivity index (χ0) is 14.3. The molecule has 2 N–H and O–H groups in total. The molecular weight excluding hydrogens is 240 g/mol. The minimum Gasteiger partial charge on any atom is -0.348 e. The smallest absolute Gasteiger partial charge is 0.309 e. The third-order valence-corrected chi connectivity index (χ3v) is 2.98. The summed E-state index contributed by atoms with van der Waals surface area (Å²) in [5.74, 6) is -1.15. The van der Waals surface area contributed by atoms with E-state index in [-0.39, 0.29) is 6.04 Å². The van der Waals surface area contributed by atoms with Crippen LogP contribution >= 0.6 is 0 Å². The van der Waals surface area contributed by atoms with Crippen LogP contribution in [0.25, 0.3) is 0 Å². The molecule has 0 bridgehead atoms. The van der Waals surface area contributed by atoms with Gasteiger partial charge >= 0.3 is 11.8 Å². The number of carbonyl (C=O) groups is 2. The zero-order valence-corrected chi connectivity index (χ0v) is 11.8. The van der Waals surface area contributed by atoms with Gasteiger partial charge in [-0.3, -0.25) is 9.59 Å². The molecule has 0 aromatic heterocycles. The number of hydrogen-bond donors (Lipinski definition) is 2. The lowest BCUT2D eigenvalue weighted by atomic mass is 10.1. The summed E-state index contributed by atoms with van der Waals surface area (Å²) in [6.45, 7) is 6.42. The average Bonchev–Trinajstić information content (AvgIpc) is 2.44. The van der Waals surface area contributed by atoms with Crippen LogP contribution in [0, 0.1) is 0 Å². The molecule has 1 rings (SSSR count). The van der Waals surface area contributed by atoms with Crippen molar-refractivity contribution in [1.82, 2.24) is 10.6 Å². The van der Waals surface area contributed by atoms with Crippen molar-refractivity contribution in [3.63, 3.8) is 0 Å². The van der Waals surface area contributed by atoms with Crippen LogP contribution in [0.2, 0.25) is 0 Å². The molecule has 0 aliphatic carbocycles. The van der Waals surface area contributed by atoms with Gasteiger partial charge < -0.3 is 10.6 Å². The lowest BCUT2D eigenvalue weighted by molar-refractivity contribution is -0.139. The van der Waals surface area contributed by atoms with E-state index in [1.807, 2.05) is 38.1 Å². The third kappa shape index (κ3) is 4.73. The molecule has 1 atom stereocenters. The second-order valence-electron chi connectivity index (χ2n) is 4.55. The Labute approximate surface area is 114 Å². The fourth-order valence-electron chi connectivity index (χ4n) is 1.71. The first-order chi connectivity index (χ1) is 9.08. The summed E-state index contributed by atoms with van der Waals surface area (Å²) in [7, 11) is 0. The van der Waals surface area contributed by atoms with Crippen molar-refractivity contribution in [2.45, 2.75) is 39.7 Å². The Morgan fingerprint density at radius 1 is 1.11 bits per heavy atom. The normalized spacial score (nSPS) is 11.7. The van der Waals surface area contributed by atoms with Crippen LogP contribution in [0.3, 0.4) is 0 Å². The topological polar surface area (TPSA) is 58.2 Å². The van der Waals surface area contributed by atoms with Gasteiger partial charge in [-0.05, 0) is 30.9 Å². The van der Waals surface area contributed by atoms with Crippen molar-refractivity contribution in [3.8, 4) is 0 Å². The van der Waals surface area contributed by atoms with Crippen molar-refractivity contribution < 1.29 is 9.59 Å². The SMILES string of the molecule is CCCNC(=O)C(=O)NC(C)c1ccc(CC)cc1. The highest BCUT2D eigenvalue weighted by Gasteiger charge is 2.16. The summed E-state index contributed by atoms with van der Waals surface area (Å²) in [5.41, 5.74) is 2.25. The summed E-state index contributed by atoms with van der Waals surface area (Å²) in [6.07, 6.45) is 1.80. The fraction of sp³-hybridized carbons (Fsp3) is 0.467. The molecule has 0 fully saturated rings. The Hall–Kier alpha value is -1.84. The number of aryl methyl sites for hydroxylation is 1. The molecular formula is C15H22N2O2. The van der Waals surface area contributed by atoms with Gasteiger partial charge in [-0.25, -0.2) is 0 Å².